The monoisotopic (exact) mass is 570 g/mol. The molecule has 0 aliphatic carbocycles. The Balaban J connectivity index is 0.00000544. The van der Waals surface area contributed by atoms with E-state index in [0.717, 1.165) is 23.5 Å². The highest BCUT2D eigenvalue weighted by Gasteiger charge is 2.25. The summed E-state index contributed by atoms with van der Waals surface area (Å²) in [4.78, 5) is 16.4. The van der Waals surface area contributed by atoms with Crippen LogP contribution >= 0.6 is 24.0 Å². The van der Waals surface area contributed by atoms with Gasteiger partial charge in [-0.3, -0.25) is 9.67 Å². The number of aliphatic imine (C=N–C) groups is 1. The maximum absolute atomic E-state index is 12.1. The van der Waals surface area contributed by atoms with Crippen molar-refractivity contribution in [3.63, 3.8) is 0 Å². The number of hydrogen-bond donors (Lipinski definition) is 3. The van der Waals surface area contributed by atoms with Crippen molar-refractivity contribution in [1.82, 2.24) is 25.7 Å². The van der Waals surface area contributed by atoms with Gasteiger partial charge >= 0.3 is 6.09 Å². The molecule has 1 aromatic carbocycles. The number of carbonyl (C=O) groups is 1. The van der Waals surface area contributed by atoms with E-state index in [0.29, 0.717) is 19.0 Å². The summed E-state index contributed by atoms with van der Waals surface area (Å²) >= 11 is 0. The van der Waals surface area contributed by atoms with Gasteiger partial charge in [-0.05, 0) is 54.0 Å². The van der Waals surface area contributed by atoms with Crippen molar-refractivity contribution < 1.29 is 9.53 Å². The smallest absolute Gasteiger partial charge is 0.408 e. The molecular formula is C24H39IN6O2. The maximum Gasteiger partial charge on any atom is 0.408 e. The van der Waals surface area contributed by atoms with Gasteiger partial charge in [0.2, 0.25) is 0 Å². The van der Waals surface area contributed by atoms with Crippen molar-refractivity contribution in [2.24, 2.45) is 4.99 Å². The summed E-state index contributed by atoms with van der Waals surface area (Å²) < 4.78 is 7.38. The van der Waals surface area contributed by atoms with E-state index in [9.17, 15) is 4.79 Å². The Morgan fingerprint density at radius 3 is 2.30 bits per heavy atom. The molecule has 0 saturated heterocycles. The van der Waals surface area contributed by atoms with Crippen molar-refractivity contribution in [2.75, 3.05) is 13.6 Å². The molecule has 0 unspecified atom stereocenters. The van der Waals surface area contributed by atoms with Gasteiger partial charge in [-0.15, -0.1) is 24.0 Å². The molecule has 184 valence electrons. The first-order valence-electron chi connectivity index (χ1n) is 10.9. The second kappa shape index (κ2) is 12.2. The van der Waals surface area contributed by atoms with E-state index in [4.69, 9.17) is 9.84 Å². The summed E-state index contributed by atoms with van der Waals surface area (Å²) in [7, 11) is 1.72. The van der Waals surface area contributed by atoms with Crippen LogP contribution in [0.1, 0.15) is 57.1 Å². The van der Waals surface area contributed by atoms with Crippen LogP contribution in [0.4, 0.5) is 4.79 Å². The Hall–Kier alpha value is -2.30. The second-order valence-electron chi connectivity index (χ2n) is 9.58. The number of hydrogen-bond acceptors (Lipinski definition) is 4. The first kappa shape index (κ1) is 28.7. The van der Waals surface area contributed by atoms with Crippen molar-refractivity contribution >= 4 is 36.0 Å². The third kappa shape index (κ3) is 9.61. The molecule has 0 fully saturated rings. The van der Waals surface area contributed by atoms with E-state index in [2.05, 4.69) is 40.0 Å². The van der Waals surface area contributed by atoms with Crippen LogP contribution in [-0.2, 0) is 17.8 Å². The van der Waals surface area contributed by atoms with Crippen LogP contribution in [-0.4, -0.2) is 46.6 Å². The van der Waals surface area contributed by atoms with Gasteiger partial charge in [0.1, 0.15) is 5.60 Å². The summed E-state index contributed by atoms with van der Waals surface area (Å²) in [5.41, 5.74) is 3.43. The highest BCUT2D eigenvalue weighted by atomic mass is 127. The second-order valence-corrected chi connectivity index (χ2v) is 9.58. The van der Waals surface area contributed by atoms with Crippen molar-refractivity contribution in [3.8, 4) is 0 Å². The summed E-state index contributed by atoms with van der Waals surface area (Å²) in [5, 5.41) is 14.2. The number of amides is 1. The highest BCUT2D eigenvalue weighted by Crippen LogP contribution is 2.15. The minimum atomic E-state index is -0.536. The SMILES string of the molecule is CN=C(NCc1c(C)nn(Cc2ccccc2)c1C)NCC(C)(C)NC(=O)OC(C)(C)C.I. The third-order valence-corrected chi connectivity index (χ3v) is 4.90. The molecule has 0 radical (unpaired) electrons. The average Bonchev–Trinajstić information content (AvgIpc) is 2.94. The quantitative estimate of drug-likeness (QED) is 0.265. The minimum Gasteiger partial charge on any atom is -0.444 e. The number of alkyl carbamates (subject to hydrolysis) is 1. The minimum absolute atomic E-state index is 0. The number of nitrogens with one attached hydrogen (secondary N) is 3. The van der Waals surface area contributed by atoms with Gasteiger partial charge in [-0.25, -0.2) is 4.79 Å². The zero-order valence-electron chi connectivity index (χ0n) is 21.1. The first-order valence-corrected chi connectivity index (χ1v) is 10.9. The van der Waals surface area contributed by atoms with Gasteiger partial charge in [0, 0.05) is 31.4 Å². The van der Waals surface area contributed by atoms with Crippen LogP contribution in [0.2, 0.25) is 0 Å². The van der Waals surface area contributed by atoms with E-state index in [1.54, 1.807) is 7.05 Å². The summed E-state index contributed by atoms with van der Waals surface area (Å²) in [5.74, 6) is 0.652. The molecule has 2 aromatic rings. The van der Waals surface area contributed by atoms with Crippen LogP contribution in [0.15, 0.2) is 35.3 Å². The van der Waals surface area contributed by atoms with Crippen LogP contribution in [0.3, 0.4) is 0 Å². The fourth-order valence-corrected chi connectivity index (χ4v) is 3.22. The lowest BCUT2D eigenvalue weighted by molar-refractivity contribution is 0.0474. The number of ether oxygens (including phenoxy) is 1. The normalized spacial score (nSPS) is 12.1. The van der Waals surface area contributed by atoms with Crippen molar-refractivity contribution in [1.29, 1.82) is 0 Å². The molecule has 1 aromatic heterocycles. The lowest BCUT2D eigenvalue weighted by Crippen LogP contribution is -2.54. The standard InChI is InChI=1S/C24H38N6O2.HI/c1-17-20(18(2)30(29-17)15-19-12-10-9-11-13-19)14-26-21(25-8)27-16-24(6,7)28-22(31)32-23(3,4)5;/h9-13H,14-16H2,1-8H3,(H,28,31)(H2,25,26,27);1H. The lowest BCUT2D eigenvalue weighted by Gasteiger charge is -2.29. The number of guanidine groups is 1. The average molecular weight is 571 g/mol. The van der Waals surface area contributed by atoms with Crippen molar-refractivity contribution in [2.45, 2.75) is 72.7 Å². The largest absolute Gasteiger partial charge is 0.444 e. The molecule has 1 heterocycles. The Kier molecular flexibility index (Phi) is 10.7. The van der Waals surface area contributed by atoms with Crippen LogP contribution < -0.4 is 16.0 Å². The number of carbonyl (C=O) groups excluding carboxylic acids is 1. The predicted octanol–water partition coefficient (Wildman–Crippen LogP) is 4.13. The molecule has 8 nitrogen and oxygen atoms in total. The van der Waals surface area contributed by atoms with E-state index in [1.807, 2.05) is 64.4 Å². The molecule has 0 aliphatic heterocycles. The molecule has 3 N–H and O–H groups in total. The van der Waals surface area contributed by atoms with Crippen molar-refractivity contribution in [3.05, 3.63) is 52.8 Å². The number of benzene rings is 1. The topological polar surface area (TPSA) is 92.6 Å². The summed E-state index contributed by atoms with van der Waals surface area (Å²) in [6.45, 7) is 15.3. The molecular weight excluding hydrogens is 531 g/mol. The van der Waals surface area contributed by atoms with Gasteiger partial charge in [0.05, 0.1) is 17.8 Å². The third-order valence-electron chi connectivity index (χ3n) is 4.90. The molecule has 9 heteroatoms. The van der Waals surface area contributed by atoms with E-state index in [-0.39, 0.29) is 24.0 Å². The molecule has 2 rings (SSSR count). The molecule has 1 amide bonds. The van der Waals surface area contributed by atoms with Gasteiger partial charge in [-0.2, -0.15) is 5.10 Å². The fourth-order valence-electron chi connectivity index (χ4n) is 3.22. The predicted molar refractivity (Wildman–Crippen MR) is 144 cm³/mol. The Labute approximate surface area is 215 Å². The van der Waals surface area contributed by atoms with Crippen LogP contribution in [0, 0.1) is 13.8 Å². The van der Waals surface area contributed by atoms with Gasteiger partial charge in [0.25, 0.3) is 0 Å². The maximum atomic E-state index is 12.1. The number of aromatic nitrogens is 2. The fraction of sp³-hybridized carbons (Fsp3) is 0.542. The molecule has 0 atom stereocenters. The van der Waals surface area contributed by atoms with E-state index >= 15 is 0 Å². The Morgan fingerprint density at radius 2 is 1.73 bits per heavy atom. The zero-order valence-corrected chi connectivity index (χ0v) is 23.4. The highest BCUT2D eigenvalue weighted by molar-refractivity contribution is 14.0. The zero-order chi connectivity index (χ0) is 23.9. The number of aryl methyl sites for hydroxylation is 1. The van der Waals surface area contributed by atoms with E-state index < -0.39 is 17.2 Å². The molecule has 0 aliphatic rings. The molecule has 0 spiro atoms. The lowest BCUT2D eigenvalue weighted by atomic mass is 10.1. The summed E-state index contributed by atoms with van der Waals surface area (Å²) in [6.07, 6.45) is -0.440. The molecule has 0 bridgehead atoms. The molecule has 33 heavy (non-hydrogen) atoms. The van der Waals surface area contributed by atoms with Crippen LogP contribution in [0.5, 0.6) is 0 Å². The number of nitrogens with zero attached hydrogens (tertiary/aromatic N) is 3. The Bertz CT molecular complexity index is 932. The van der Waals surface area contributed by atoms with E-state index in [1.165, 1.54) is 5.56 Å². The number of halogens is 1. The number of rotatable bonds is 7. The molecule has 0 saturated carbocycles. The first-order chi connectivity index (χ1) is 14.9. The Morgan fingerprint density at radius 1 is 1.09 bits per heavy atom. The van der Waals surface area contributed by atoms with Gasteiger partial charge < -0.3 is 20.7 Å². The van der Waals surface area contributed by atoms with Gasteiger partial charge in [-0.1, -0.05) is 30.3 Å². The van der Waals surface area contributed by atoms with Crippen LogP contribution in [0.25, 0.3) is 0 Å². The van der Waals surface area contributed by atoms with Gasteiger partial charge in [0.15, 0.2) is 5.96 Å². The summed E-state index contributed by atoms with van der Waals surface area (Å²) in [6, 6.07) is 10.3.